The number of carbonyl (C=O) groups excluding carboxylic acids is 2. The maximum absolute atomic E-state index is 11.9. The van der Waals surface area contributed by atoms with Crippen LogP contribution in [0.5, 0.6) is 0 Å². The van der Waals surface area contributed by atoms with Gasteiger partial charge in [-0.25, -0.2) is 4.98 Å². The molecule has 22 heavy (non-hydrogen) atoms. The topological polar surface area (TPSA) is 180 Å². The largest absolute Gasteiger partial charge is 0.286 e. The predicted molar refractivity (Wildman–Crippen MR) is 68.5 cm³/mol. The lowest BCUT2D eigenvalue weighted by molar-refractivity contribution is 0.101. The highest BCUT2D eigenvalue weighted by Gasteiger charge is 2.15. The summed E-state index contributed by atoms with van der Waals surface area (Å²) in [6, 6.07) is 4.37. The van der Waals surface area contributed by atoms with Crippen LogP contribution in [0.3, 0.4) is 0 Å². The molecule has 3 rings (SSSR count). The predicted octanol–water partition coefficient (Wildman–Crippen LogP) is -1.39. The van der Waals surface area contributed by atoms with Crippen LogP contribution in [-0.4, -0.2) is 58.0 Å². The Labute approximate surface area is 120 Å². The minimum absolute atomic E-state index is 0.00515. The number of amides is 2. The molecular weight excluding hydrogens is 294 g/mol. The molecule has 3 aromatic heterocycles. The van der Waals surface area contributed by atoms with E-state index < -0.39 is 11.8 Å². The Morgan fingerprint density at radius 2 is 1.36 bits per heavy atom. The molecule has 0 aliphatic heterocycles. The van der Waals surface area contributed by atoms with Gasteiger partial charge in [-0.05, 0) is 22.6 Å². The summed E-state index contributed by atoms with van der Waals surface area (Å²) in [6.07, 6.45) is 0. The van der Waals surface area contributed by atoms with Crippen LogP contribution in [0, 0.1) is 0 Å². The van der Waals surface area contributed by atoms with Crippen molar-refractivity contribution in [2.45, 2.75) is 0 Å². The second-order valence-corrected chi connectivity index (χ2v) is 3.79. The van der Waals surface area contributed by atoms with E-state index in [1.54, 1.807) is 0 Å². The molecule has 0 unspecified atom stereocenters. The first-order valence-corrected chi connectivity index (χ1v) is 5.79. The van der Waals surface area contributed by atoms with E-state index in [1.807, 2.05) is 0 Å². The third kappa shape index (κ3) is 2.87. The van der Waals surface area contributed by atoms with Crippen molar-refractivity contribution in [1.82, 2.24) is 46.2 Å². The molecule has 0 aliphatic carbocycles. The zero-order chi connectivity index (χ0) is 15.4. The van der Waals surface area contributed by atoms with Gasteiger partial charge >= 0.3 is 0 Å². The number of aromatic amines is 2. The van der Waals surface area contributed by atoms with Crippen LogP contribution in [0.15, 0.2) is 18.2 Å². The summed E-state index contributed by atoms with van der Waals surface area (Å²) in [5.74, 6) is -1.19. The third-order valence-corrected chi connectivity index (χ3v) is 2.36. The van der Waals surface area contributed by atoms with Gasteiger partial charge in [-0.15, -0.1) is 10.2 Å². The van der Waals surface area contributed by atoms with E-state index >= 15 is 0 Å². The molecule has 4 N–H and O–H groups in total. The molecule has 0 saturated carbocycles. The maximum Gasteiger partial charge on any atom is 0.276 e. The van der Waals surface area contributed by atoms with Crippen molar-refractivity contribution in [3.8, 4) is 0 Å². The molecule has 0 atom stereocenters. The van der Waals surface area contributed by atoms with Gasteiger partial charge in [0.2, 0.25) is 0 Å². The van der Waals surface area contributed by atoms with E-state index in [4.69, 9.17) is 0 Å². The van der Waals surface area contributed by atoms with Gasteiger partial charge in [0.15, 0.2) is 0 Å². The van der Waals surface area contributed by atoms with Crippen molar-refractivity contribution >= 4 is 23.7 Å². The van der Waals surface area contributed by atoms with E-state index in [0.717, 1.165) is 0 Å². The Hall–Kier alpha value is -3.77. The highest BCUT2D eigenvalue weighted by atomic mass is 16.2. The summed E-state index contributed by atoms with van der Waals surface area (Å²) >= 11 is 0. The molecule has 0 saturated heterocycles. The average molecular weight is 301 g/mol. The molecule has 0 bridgehead atoms. The number of nitrogens with one attached hydrogen (secondary N) is 4. The van der Waals surface area contributed by atoms with Gasteiger partial charge in [0.05, 0.1) is 0 Å². The average Bonchev–Trinajstić information content (AvgIpc) is 3.21. The first-order chi connectivity index (χ1) is 10.7. The summed E-state index contributed by atoms with van der Waals surface area (Å²) in [7, 11) is 0. The SMILES string of the molecule is O=C(Nc1nn[nH]n1)c1cccc(C(=O)Nc2nn[nH]n2)n1. The Morgan fingerprint density at radius 1 is 0.864 bits per heavy atom. The monoisotopic (exact) mass is 301 g/mol. The molecule has 0 aromatic carbocycles. The van der Waals surface area contributed by atoms with Crippen LogP contribution < -0.4 is 10.6 Å². The van der Waals surface area contributed by atoms with Crippen molar-refractivity contribution in [2.24, 2.45) is 0 Å². The van der Waals surface area contributed by atoms with Crippen LogP contribution in [0.25, 0.3) is 0 Å². The van der Waals surface area contributed by atoms with Gasteiger partial charge in [-0.2, -0.15) is 10.4 Å². The molecule has 0 fully saturated rings. The molecule has 110 valence electrons. The second-order valence-electron chi connectivity index (χ2n) is 3.79. The third-order valence-electron chi connectivity index (χ3n) is 2.36. The molecule has 3 heterocycles. The Bertz CT molecular complexity index is 718. The fraction of sp³-hybridized carbons (Fsp3) is 0. The fourth-order valence-electron chi connectivity index (χ4n) is 1.45. The number of nitrogens with zero attached hydrogens (tertiary/aromatic N) is 7. The molecular formula is C9H7N11O2. The summed E-state index contributed by atoms with van der Waals surface area (Å²) < 4.78 is 0. The zero-order valence-electron chi connectivity index (χ0n) is 10.7. The van der Waals surface area contributed by atoms with Crippen molar-refractivity contribution in [1.29, 1.82) is 0 Å². The number of tetrazole rings is 2. The molecule has 13 heteroatoms. The number of H-pyrrole nitrogens is 2. The Kier molecular flexibility index (Phi) is 3.42. The van der Waals surface area contributed by atoms with E-state index in [2.05, 4.69) is 56.9 Å². The van der Waals surface area contributed by atoms with E-state index in [-0.39, 0.29) is 23.3 Å². The lowest BCUT2D eigenvalue weighted by Gasteiger charge is -2.03. The molecule has 3 aromatic rings. The first kappa shape index (κ1) is 13.2. The number of hydrogen-bond acceptors (Lipinski definition) is 9. The summed E-state index contributed by atoms with van der Waals surface area (Å²) in [4.78, 5) is 27.8. The quantitative estimate of drug-likeness (QED) is 0.451. The highest BCUT2D eigenvalue weighted by Crippen LogP contribution is 2.04. The van der Waals surface area contributed by atoms with Crippen LogP contribution >= 0.6 is 0 Å². The number of aromatic nitrogens is 9. The van der Waals surface area contributed by atoms with Gasteiger partial charge in [-0.3, -0.25) is 20.2 Å². The van der Waals surface area contributed by atoms with Crippen molar-refractivity contribution in [3.63, 3.8) is 0 Å². The van der Waals surface area contributed by atoms with Gasteiger partial charge in [0, 0.05) is 0 Å². The summed E-state index contributed by atoms with van der Waals surface area (Å²) in [5.41, 5.74) is 0.0103. The molecule has 0 aliphatic rings. The summed E-state index contributed by atoms with van der Waals surface area (Å²) in [5, 5.41) is 30.0. The smallest absolute Gasteiger partial charge is 0.276 e. The van der Waals surface area contributed by atoms with Crippen LogP contribution in [0.4, 0.5) is 11.9 Å². The number of rotatable bonds is 4. The van der Waals surface area contributed by atoms with E-state index in [9.17, 15) is 9.59 Å². The number of pyridine rings is 1. The lowest BCUT2D eigenvalue weighted by atomic mass is 10.3. The van der Waals surface area contributed by atoms with Crippen LogP contribution in [-0.2, 0) is 0 Å². The zero-order valence-corrected chi connectivity index (χ0v) is 10.7. The van der Waals surface area contributed by atoms with E-state index in [1.165, 1.54) is 18.2 Å². The van der Waals surface area contributed by atoms with Crippen molar-refractivity contribution in [2.75, 3.05) is 10.6 Å². The number of carbonyl (C=O) groups is 2. The van der Waals surface area contributed by atoms with E-state index in [0.29, 0.717) is 0 Å². The van der Waals surface area contributed by atoms with Crippen molar-refractivity contribution in [3.05, 3.63) is 29.6 Å². The number of anilines is 2. The van der Waals surface area contributed by atoms with Crippen molar-refractivity contribution < 1.29 is 9.59 Å². The Morgan fingerprint density at radius 3 is 1.77 bits per heavy atom. The standard InChI is InChI=1S/C9H7N11O2/c21-6(11-8-13-17-18-14-8)4-2-1-3-5(10-4)7(22)12-9-15-19-20-16-9/h1-3H,(H2,11,13,14,17,18,21)(H2,12,15,16,19,20,22). The van der Waals surface area contributed by atoms with Crippen LogP contribution in [0.2, 0.25) is 0 Å². The molecule has 0 radical (unpaired) electrons. The molecule has 2 amide bonds. The minimum atomic E-state index is -0.587. The summed E-state index contributed by atoms with van der Waals surface area (Å²) in [6.45, 7) is 0. The number of hydrogen-bond donors (Lipinski definition) is 4. The normalized spacial score (nSPS) is 10.2. The lowest BCUT2D eigenvalue weighted by Crippen LogP contribution is -2.19. The minimum Gasteiger partial charge on any atom is -0.286 e. The van der Waals surface area contributed by atoms with Gasteiger partial charge in [-0.1, -0.05) is 16.3 Å². The fourth-order valence-corrected chi connectivity index (χ4v) is 1.45. The molecule has 0 spiro atoms. The molecule has 13 nitrogen and oxygen atoms in total. The highest BCUT2D eigenvalue weighted by molar-refractivity contribution is 6.05. The first-order valence-electron chi connectivity index (χ1n) is 5.79. The second kappa shape index (κ2) is 5.70. The van der Waals surface area contributed by atoms with Gasteiger partial charge in [0.1, 0.15) is 11.4 Å². The Balaban J connectivity index is 1.74. The van der Waals surface area contributed by atoms with Crippen LogP contribution in [0.1, 0.15) is 21.0 Å². The maximum atomic E-state index is 11.9. The van der Waals surface area contributed by atoms with Gasteiger partial charge in [0.25, 0.3) is 23.7 Å². The van der Waals surface area contributed by atoms with Gasteiger partial charge < -0.3 is 0 Å².